The maximum absolute atomic E-state index is 10.5. The molecule has 0 amide bonds. The Morgan fingerprint density at radius 2 is 2.38 bits per heavy atom. The predicted molar refractivity (Wildman–Crippen MR) is 55.0 cm³/mol. The molecule has 16 heavy (non-hydrogen) atoms. The van der Waals surface area contributed by atoms with Crippen LogP contribution < -0.4 is 0 Å². The molecule has 0 aromatic carbocycles. The molecule has 0 atom stereocenters. The molecular formula is C10H10N4O2. The molecule has 2 aromatic heterocycles. The monoisotopic (exact) mass is 218 g/mol. The minimum Gasteiger partial charge on any atom is -0.481 e. The molecule has 0 unspecified atom stereocenters. The highest BCUT2D eigenvalue weighted by Crippen LogP contribution is 2.41. The Kier molecular flexibility index (Phi) is 1.89. The van der Waals surface area contributed by atoms with Crippen molar-refractivity contribution >= 4 is 17.0 Å². The zero-order valence-corrected chi connectivity index (χ0v) is 8.47. The van der Waals surface area contributed by atoms with Crippen LogP contribution in [0.3, 0.4) is 0 Å². The SMILES string of the molecule is O=C(O)Cc1ncc2c(C3CC3)[nH]nc2n1. The van der Waals surface area contributed by atoms with Crippen LogP contribution in [-0.4, -0.2) is 31.2 Å². The quantitative estimate of drug-likeness (QED) is 0.797. The molecule has 0 spiro atoms. The highest BCUT2D eigenvalue weighted by Gasteiger charge is 2.27. The topological polar surface area (TPSA) is 91.8 Å². The van der Waals surface area contributed by atoms with Gasteiger partial charge in [0.2, 0.25) is 0 Å². The van der Waals surface area contributed by atoms with E-state index in [1.54, 1.807) is 6.20 Å². The van der Waals surface area contributed by atoms with Crippen molar-refractivity contribution < 1.29 is 9.90 Å². The van der Waals surface area contributed by atoms with E-state index in [-0.39, 0.29) is 6.42 Å². The Morgan fingerprint density at radius 1 is 1.56 bits per heavy atom. The van der Waals surface area contributed by atoms with Gasteiger partial charge >= 0.3 is 5.97 Å². The highest BCUT2D eigenvalue weighted by molar-refractivity contribution is 5.78. The largest absolute Gasteiger partial charge is 0.481 e. The third kappa shape index (κ3) is 1.52. The van der Waals surface area contributed by atoms with Crippen molar-refractivity contribution in [3.05, 3.63) is 17.7 Å². The van der Waals surface area contributed by atoms with Gasteiger partial charge in [-0.1, -0.05) is 0 Å². The maximum Gasteiger partial charge on any atom is 0.311 e. The van der Waals surface area contributed by atoms with E-state index in [2.05, 4.69) is 20.2 Å². The van der Waals surface area contributed by atoms with Crippen molar-refractivity contribution in [2.24, 2.45) is 0 Å². The van der Waals surface area contributed by atoms with Crippen LogP contribution in [0.5, 0.6) is 0 Å². The summed E-state index contributed by atoms with van der Waals surface area (Å²) in [6, 6.07) is 0. The minimum atomic E-state index is -0.933. The number of nitrogens with one attached hydrogen (secondary N) is 1. The van der Waals surface area contributed by atoms with Gasteiger partial charge in [-0.3, -0.25) is 9.89 Å². The Morgan fingerprint density at radius 3 is 3.06 bits per heavy atom. The molecule has 2 aromatic rings. The zero-order chi connectivity index (χ0) is 11.1. The van der Waals surface area contributed by atoms with E-state index in [0.29, 0.717) is 17.4 Å². The predicted octanol–water partition coefficient (Wildman–Crippen LogP) is 0.857. The van der Waals surface area contributed by atoms with Crippen LogP contribution in [0, 0.1) is 0 Å². The lowest BCUT2D eigenvalue weighted by Crippen LogP contribution is -2.04. The number of hydrogen-bond acceptors (Lipinski definition) is 4. The third-order valence-electron chi connectivity index (χ3n) is 2.69. The van der Waals surface area contributed by atoms with Crippen molar-refractivity contribution in [3.63, 3.8) is 0 Å². The first-order valence-corrected chi connectivity index (χ1v) is 5.15. The fourth-order valence-electron chi connectivity index (χ4n) is 1.76. The molecule has 1 fully saturated rings. The van der Waals surface area contributed by atoms with Gasteiger partial charge in [-0.15, -0.1) is 0 Å². The molecule has 3 rings (SSSR count). The van der Waals surface area contributed by atoms with Gasteiger partial charge in [0.1, 0.15) is 12.2 Å². The summed E-state index contributed by atoms with van der Waals surface area (Å²) in [4.78, 5) is 18.7. The van der Waals surface area contributed by atoms with Crippen LogP contribution in [-0.2, 0) is 11.2 Å². The number of carbonyl (C=O) groups is 1. The molecular weight excluding hydrogens is 208 g/mol. The number of hydrogen-bond donors (Lipinski definition) is 2. The summed E-state index contributed by atoms with van der Waals surface area (Å²) in [5.74, 6) is -0.0786. The van der Waals surface area contributed by atoms with Crippen molar-refractivity contribution in [2.75, 3.05) is 0 Å². The summed E-state index contributed by atoms with van der Waals surface area (Å²) < 4.78 is 0. The number of aromatic nitrogens is 4. The smallest absolute Gasteiger partial charge is 0.311 e. The van der Waals surface area contributed by atoms with Gasteiger partial charge in [0.05, 0.1) is 5.39 Å². The van der Waals surface area contributed by atoms with Crippen molar-refractivity contribution in [1.29, 1.82) is 0 Å². The molecule has 0 bridgehead atoms. The van der Waals surface area contributed by atoms with E-state index < -0.39 is 5.97 Å². The van der Waals surface area contributed by atoms with Crippen LogP contribution in [0.25, 0.3) is 11.0 Å². The number of carboxylic acids is 1. The van der Waals surface area contributed by atoms with E-state index in [9.17, 15) is 4.79 Å². The fraction of sp³-hybridized carbons (Fsp3) is 0.400. The van der Waals surface area contributed by atoms with Gasteiger partial charge in [-0.25, -0.2) is 9.97 Å². The lowest BCUT2D eigenvalue weighted by molar-refractivity contribution is -0.136. The van der Waals surface area contributed by atoms with E-state index in [0.717, 1.165) is 11.1 Å². The number of H-pyrrole nitrogens is 1. The molecule has 2 N–H and O–H groups in total. The first-order chi connectivity index (χ1) is 7.74. The number of aliphatic carboxylic acids is 1. The first-order valence-electron chi connectivity index (χ1n) is 5.15. The normalized spacial score (nSPS) is 15.5. The summed E-state index contributed by atoms with van der Waals surface area (Å²) >= 11 is 0. The summed E-state index contributed by atoms with van der Waals surface area (Å²) in [7, 11) is 0. The van der Waals surface area contributed by atoms with E-state index in [1.807, 2.05) is 0 Å². The second-order valence-electron chi connectivity index (χ2n) is 4.01. The first kappa shape index (κ1) is 9.26. The van der Waals surface area contributed by atoms with Crippen LogP contribution >= 0.6 is 0 Å². The Bertz CT molecular complexity index is 559. The number of fused-ring (bicyclic) bond motifs is 1. The number of carboxylic acid groups (broad SMARTS) is 1. The van der Waals surface area contributed by atoms with Crippen molar-refractivity contribution in [3.8, 4) is 0 Å². The molecule has 0 saturated heterocycles. The molecule has 6 nitrogen and oxygen atoms in total. The highest BCUT2D eigenvalue weighted by atomic mass is 16.4. The summed E-state index contributed by atoms with van der Waals surface area (Å²) in [6.07, 6.45) is 3.85. The zero-order valence-electron chi connectivity index (χ0n) is 8.47. The average molecular weight is 218 g/mol. The van der Waals surface area contributed by atoms with Gasteiger partial charge in [0.15, 0.2) is 5.65 Å². The number of rotatable bonds is 3. The molecule has 0 aliphatic heterocycles. The van der Waals surface area contributed by atoms with Gasteiger partial charge in [0, 0.05) is 17.8 Å². The van der Waals surface area contributed by atoms with Crippen molar-refractivity contribution in [2.45, 2.75) is 25.2 Å². The Balaban J connectivity index is 2.02. The van der Waals surface area contributed by atoms with Crippen LogP contribution in [0.4, 0.5) is 0 Å². The molecule has 82 valence electrons. The summed E-state index contributed by atoms with van der Waals surface area (Å²) in [6.45, 7) is 0. The van der Waals surface area contributed by atoms with Gasteiger partial charge < -0.3 is 5.11 Å². The molecule has 2 heterocycles. The van der Waals surface area contributed by atoms with Gasteiger partial charge in [0.25, 0.3) is 0 Å². The van der Waals surface area contributed by atoms with Gasteiger partial charge in [-0.05, 0) is 12.8 Å². The number of aromatic amines is 1. The molecule has 1 saturated carbocycles. The Labute approximate surface area is 90.7 Å². The second kappa shape index (κ2) is 3.26. The second-order valence-corrected chi connectivity index (χ2v) is 4.01. The summed E-state index contributed by atoms with van der Waals surface area (Å²) in [5, 5.41) is 16.6. The summed E-state index contributed by atoms with van der Waals surface area (Å²) in [5.41, 5.74) is 1.64. The molecule has 1 aliphatic rings. The van der Waals surface area contributed by atoms with E-state index in [1.165, 1.54) is 12.8 Å². The Hall–Kier alpha value is -1.98. The van der Waals surface area contributed by atoms with Crippen LogP contribution in [0.15, 0.2) is 6.20 Å². The number of nitrogens with zero attached hydrogens (tertiary/aromatic N) is 3. The standard InChI is InChI=1S/C10H10N4O2/c15-8(16)3-7-11-4-6-9(5-1-2-5)13-14-10(6)12-7/h4-5H,1-3H2,(H,15,16)(H,11,12,13,14). The lowest BCUT2D eigenvalue weighted by Gasteiger charge is -1.95. The van der Waals surface area contributed by atoms with Gasteiger partial charge in [-0.2, -0.15) is 5.10 Å². The molecule has 0 radical (unpaired) electrons. The molecule has 1 aliphatic carbocycles. The third-order valence-corrected chi connectivity index (χ3v) is 2.69. The lowest BCUT2D eigenvalue weighted by atomic mass is 10.2. The van der Waals surface area contributed by atoms with Crippen molar-refractivity contribution in [1.82, 2.24) is 20.2 Å². The van der Waals surface area contributed by atoms with E-state index in [4.69, 9.17) is 5.11 Å². The average Bonchev–Trinajstić information content (AvgIpc) is 2.98. The minimum absolute atomic E-state index is 0.165. The fourth-order valence-corrected chi connectivity index (χ4v) is 1.76. The van der Waals surface area contributed by atoms with Crippen LogP contribution in [0.1, 0.15) is 30.3 Å². The van der Waals surface area contributed by atoms with E-state index >= 15 is 0 Å². The molecule has 6 heteroatoms. The van der Waals surface area contributed by atoms with Crippen LogP contribution in [0.2, 0.25) is 0 Å². The maximum atomic E-state index is 10.5.